The average Bonchev–Trinajstić information content (AvgIpc) is 3.40. The number of aryl methyl sites for hydroxylation is 3. The Morgan fingerprint density at radius 1 is 1.23 bits per heavy atom. The number of imidazole rings is 1. The highest BCUT2D eigenvalue weighted by Gasteiger charge is 2.21. The first-order valence-electron chi connectivity index (χ1n) is 10.0. The van der Waals surface area contributed by atoms with Crippen molar-refractivity contribution in [1.29, 1.82) is 0 Å². The number of thiazole rings is 1. The van der Waals surface area contributed by atoms with Crippen LogP contribution in [0.3, 0.4) is 0 Å². The lowest BCUT2D eigenvalue weighted by Gasteiger charge is -2.20. The van der Waals surface area contributed by atoms with Gasteiger partial charge in [-0.15, -0.1) is 0 Å². The third kappa shape index (κ3) is 5.24. The third-order valence-electron chi connectivity index (χ3n) is 4.91. The molecular weight excluding hydrogens is 432 g/mol. The summed E-state index contributed by atoms with van der Waals surface area (Å²) < 4.78 is 8.70. The van der Waals surface area contributed by atoms with Gasteiger partial charge < -0.3 is 9.30 Å². The summed E-state index contributed by atoms with van der Waals surface area (Å²) >= 11 is 7.68. The molecule has 0 spiro atoms. The summed E-state index contributed by atoms with van der Waals surface area (Å²) in [5.41, 5.74) is 3.01. The lowest BCUT2D eigenvalue weighted by molar-refractivity contribution is -0.120. The summed E-state index contributed by atoms with van der Waals surface area (Å²) in [5, 5.41) is 1.32. The fraction of sp³-hybridized carbons (Fsp3) is 0.261. The molecular formula is C23H23ClN4O2S. The number of ether oxygens (including phenoxy) is 1. The molecule has 8 heteroatoms. The van der Waals surface area contributed by atoms with E-state index < -0.39 is 0 Å². The van der Waals surface area contributed by atoms with Crippen molar-refractivity contribution in [2.24, 2.45) is 0 Å². The van der Waals surface area contributed by atoms with Gasteiger partial charge in [0.1, 0.15) is 5.75 Å². The van der Waals surface area contributed by atoms with E-state index in [4.69, 9.17) is 21.3 Å². The predicted octanol–water partition coefficient (Wildman–Crippen LogP) is 5.27. The van der Waals surface area contributed by atoms with E-state index in [0.29, 0.717) is 22.4 Å². The highest BCUT2D eigenvalue weighted by atomic mass is 35.5. The SMILES string of the molecule is Cc1ccc(OCC(=O)N(CCCn2ccnc2)c2nc3c(C)cc(Cl)cc3s2)cc1. The van der Waals surface area contributed by atoms with Crippen molar-refractivity contribution < 1.29 is 9.53 Å². The molecule has 31 heavy (non-hydrogen) atoms. The van der Waals surface area contributed by atoms with Gasteiger partial charge in [-0.2, -0.15) is 0 Å². The molecule has 0 N–H and O–H groups in total. The minimum absolute atomic E-state index is 0.0518. The second-order valence-electron chi connectivity index (χ2n) is 7.37. The predicted molar refractivity (Wildman–Crippen MR) is 125 cm³/mol. The summed E-state index contributed by atoms with van der Waals surface area (Å²) in [5.74, 6) is 0.540. The highest BCUT2D eigenvalue weighted by Crippen LogP contribution is 2.33. The molecule has 0 saturated heterocycles. The number of nitrogens with zero attached hydrogens (tertiary/aromatic N) is 4. The van der Waals surface area contributed by atoms with Crippen LogP contribution in [0.25, 0.3) is 10.2 Å². The van der Waals surface area contributed by atoms with E-state index in [1.165, 1.54) is 11.3 Å². The molecule has 4 aromatic rings. The number of halogens is 1. The molecule has 2 heterocycles. The number of hydrogen-bond donors (Lipinski definition) is 0. The van der Waals surface area contributed by atoms with Crippen LogP contribution in [0.4, 0.5) is 5.13 Å². The Kier molecular flexibility index (Phi) is 6.53. The summed E-state index contributed by atoms with van der Waals surface area (Å²) in [4.78, 5) is 23.7. The van der Waals surface area contributed by atoms with Crippen LogP contribution in [-0.2, 0) is 11.3 Å². The molecule has 0 unspecified atom stereocenters. The molecule has 0 radical (unpaired) electrons. The van der Waals surface area contributed by atoms with Crippen molar-refractivity contribution in [3.05, 3.63) is 71.3 Å². The molecule has 0 aliphatic carbocycles. The van der Waals surface area contributed by atoms with Crippen LogP contribution in [0.2, 0.25) is 5.02 Å². The van der Waals surface area contributed by atoms with E-state index in [-0.39, 0.29) is 12.5 Å². The van der Waals surface area contributed by atoms with Gasteiger partial charge in [-0.1, -0.05) is 40.6 Å². The molecule has 6 nitrogen and oxygen atoms in total. The summed E-state index contributed by atoms with van der Waals surface area (Å²) in [7, 11) is 0. The maximum Gasteiger partial charge on any atom is 0.266 e. The van der Waals surface area contributed by atoms with E-state index in [2.05, 4.69) is 4.98 Å². The molecule has 0 atom stereocenters. The molecule has 0 bridgehead atoms. The van der Waals surface area contributed by atoms with Crippen LogP contribution in [0.1, 0.15) is 17.5 Å². The number of aromatic nitrogens is 3. The van der Waals surface area contributed by atoms with E-state index in [1.807, 2.05) is 61.0 Å². The number of rotatable bonds is 8. The molecule has 160 valence electrons. The van der Waals surface area contributed by atoms with E-state index >= 15 is 0 Å². The molecule has 1 amide bonds. The first-order chi connectivity index (χ1) is 15.0. The number of carbonyl (C=O) groups excluding carboxylic acids is 1. The lowest BCUT2D eigenvalue weighted by Crippen LogP contribution is -2.36. The van der Waals surface area contributed by atoms with Crippen LogP contribution < -0.4 is 9.64 Å². The van der Waals surface area contributed by atoms with Crippen LogP contribution in [0.15, 0.2) is 55.1 Å². The van der Waals surface area contributed by atoms with Gasteiger partial charge in [0.2, 0.25) is 0 Å². The molecule has 2 aromatic carbocycles. The summed E-state index contributed by atoms with van der Waals surface area (Å²) in [6.45, 7) is 5.23. The van der Waals surface area contributed by atoms with Crippen LogP contribution >= 0.6 is 22.9 Å². The van der Waals surface area contributed by atoms with Gasteiger partial charge in [-0.25, -0.2) is 9.97 Å². The van der Waals surface area contributed by atoms with Crippen molar-refractivity contribution in [1.82, 2.24) is 14.5 Å². The van der Waals surface area contributed by atoms with Gasteiger partial charge in [0.05, 0.1) is 16.5 Å². The fourth-order valence-corrected chi connectivity index (χ4v) is 4.74. The average molecular weight is 455 g/mol. The van der Waals surface area contributed by atoms with Gasteiger partial charge >= 0.3 is 0 Å². The molecule has 2 aromatic heterocycles. The summed E-state index contributed by atoms with van der Waals surface area (Å²) in [6.07, 6.45) is 6.20. The Hall–Kier alpha value is -2.90. The fourth-order valence-electron chi connectivity index (χ4n) is 3.27. The minimum Gasteiger partial charge on any atom is -0.484 e. The third-order valence-corrected chi connectivity index (χ3v) is 6.16. The van der Waals surface area contributed by atoms with Crippen molar-refractivity contribution in [3.63, 3.8) is 0 Å². The first kappa shape index (κ1) is 21.3. The standard InChI is InChI=1S/C23H23ClN4O2S/c1-16-4-6-19(7-5-16)30-14-21(29)28(10-3-9-27-11-8-25-15-27)23-26-22-17(2)12-18(24)13-20(22)31-23/h4-8,11-13,15H,3,9-10,14H2,1-2H3. The lowest BCUT2D eigenvalue weighted by atomic mass is 10.2. The quantitative estimate of drug-likeness (QED) is 0.364. The van der Waals surface area contributed by atoms with Crippen molar-refractivity contribution in [3.8, 4) is 5.75 Å². The second-order valence-corrected chi connectivity index (χ2v) is 8.81. The Morgan fingerprint density at radius 3 is 2.77 bits per heavy atom. The molecule has 0 saturated carbocycles. The van der Waals surface area contributed by atoms with Gasteiger partial charge in [-0.05, 0) is 50.1 Å². The molecule has 4 rings (SSSR count). The number of benzene rings is 2. The maximum absolute atomic E-state index is 13.1. The number of fused-ring (bicyclic) bond motifs is 1. The first-order valence-corrected chi connectivity index (χ1v) is 11.2. The zero-order valence-electron chi connectivity index (χ0n) is 17.4. The smallest absolute Gasteiger partial charge is 0.266 e. The Bertz CT molecular complexity index is 1170. The zero-order valence-corrected chi connectivity index (χ0v) is 19.0. The van der Waals surface area contributed by atoms with E-state index in [9.17, 15) is 4.79 Å². The maximum atomic E-state index is 13.1. The van der Waals surface area contributed by atoms with Crippen LogP contribution in [0, 0.1) is 13.8 Å². The van der Waals surface area contributed by atoms with Crippen molar-refractivity contribution in [2.45, 2.75) is 26.8 Å². The number of carbonyl (C=O) groups is 1. The Balaban J connectivity index is 1.53. The normalized spacial score (nSPS) is 11.1. The van der Waals surface area contributed by atoms with Gasteiger partial charge in [0.25, 0.3) is 5.91 Å². The van der Waals surface area contributed by atoms with Gasteiger partial charge in [0, 0.05) is 30.5 Å². The number of amides is 1. The van der Waals surface area contributed by atoms with Crippen molar-refractivity contribution in [2.75, 3.05) is 18.1 Å². The summed E-state index contributed by atoms with van der Waals surface area (Å²) in [6, 6.07) is 11.4. The van der Waals surface area contributed by atoms with Crippen LogP contribution in [0.5, 0.6) is 5.75 Å². The highest BCUT2D eigenvalue weighted by molar-refractivity contribution is 7.22. The number of anilines is 1. The molecule has 0 fully saturated rings. The zero-order chi connectivity index (χ0) is 21.8. The van der Waals surface area contributed by atoms with Crippen molar-refractivity contribution >= 4 is 44.2 Å². The molecule has 0 aliphatic heterocycles. The second kappa shape index (κ2) is 9.49. The van der Waals surface area contributed by atoms with E-state index in [0.717, 1.165) is 34.3 Å². The van der Waals surface area contributed by atoms with Crippen LogP contribution in [-0.4, -0.2) is 33.6 Å². The largest absolute Gasteiger partial charge is 0.484 e. The monoisotopic (exact) mass is 454 g/mol. The molecule has 0 aliphatic rings. The van der Waals surface area contributed by atoms with Gasteiger partial charge in [-0.3, -0.25) is 9.69 Å². The Labute approximate surface area is 190 Å². The van der Waals surface area contributed by atoms with Gasteiger partial charge in [0.15, 0.2) is 11.7 Å². The number of hydrogen-bond acceptors (Lipinski definition) is 5. The minimum atomic E-state index is -0.131. The van der Waals surface area contributed by atoms with E-state index in [1.54, 1.807) is 17.4 Å². The Morgan fingerprint density at radius 2 is 2.03 bits per heavy atom. The topological polar surface area (TPSA) is 60.2 Å².